The van der Waals surface area contributed by atoms with Crippen LogP contribution in [0.2, 0.25) is 0 Å². The molecule has 0 saturated carbocycles. The molecule has 0 fully saturated rings. The maximum absolute atomic E-state index is 6.00. The van der Waals surface area contributed by atoms with Crippen LogP contribution in [0.4, 0.5) is 5.95 Å². The van der Waals surface area contributed by atoms with Gasteiger partial charge in [0, 0.05) is 24.5 Å². The summed E-state index contributed by atoms with van der Waals surface area (Å²) in [5.74, 6) is 0.579. The number of nitrogens with two attached hydrogens (primary N) is 1. The lowest BCUT2D eigenvalue weighted by Crippen LogP contribution is -2.06. The molecule has 3 rings (SSSR count). The molecule has 0 aliphatic heterocycles. The fraction of sp³-hybridized carbons (Fsp3) is 0.231. The highest BCUT2D eigenvalue weighted by atomic mass is 32.1. The first-order valence-corrected chi connectivity index (χ1v) is 6.73. The second kappa shape index (κ2) is 4.42. The van der Waals surface area contributed by atoms with Crippen molar-refractivity contribution in [1.29, 1.82) is 0 Å². The molecule has 0 radical (unpaired) electrons. The number of imidazole rings is 1. The third-order valence-corrected chi connectivity index (χ3v) is 3.87. The van der Waals surface area contributed by atoms with E-state index in [0.717, 1.165) is 29.0 Å². The number of anilines is 1. The van der Waals surface area contributed by atoms with Gasteiger partial charge in [0.2, 0.25) is 5.95 Å². The fourth-order valence-corrected chi connectivity index (χ4v) is 2.80. The first-order chi connectivity index (χ1) is 8.75. The van der Waals surface area contributed by atoms with E-state index >= 15 is 0 Å². The normalized spacial score (nSPS) is 11.2. The predicted molar refractivity (Wildman–Crippen MR) is 74.7 cm³/mol. The number of thiazole rings is 1. The van der Waals surface area contributed by atoms with Gasteiger partial charge in [-0.3, -0.25) is 0 Å². The van der Waals surface area contributed by atoms with Gasteiger partial charge in [-0.25, -0.2) is 9.97 Å². The molecule has 4 nitrogen and oxygen atoms in total. The van der Waals surface area contributed by atoms with E-state index in [1.54, 1.807) is 11.3 Å². The van der Waals surface area contributed by atoms with Crippen LogP contribution in [0.25, 0.3) is 11.0 Å². The zero-order valence-corrected chi connectivity index (χ0v) is 10.9. The van der Waals surface area contributed by atoms with E-state index < -0.39 is 0 Å². The summed E-state index contributed by atoms with van der Waals surface area (Å²) >= 11 is 1.67. The van der Waals surface area contributed by atoms with Crippen LogP contribution in [0.15, 0.2) is 29.8 Å². The Kier molecular flexibility index (Phi) is 2.76. The van der Waals surface area contributed by atoms with Crippen molar-refractivity contribution in [2.45, 2.75) is 19.9 Å². The van der Waals surface area contributed by atoms with Gasteiger partial charge in [0.1, 0.15) is 0 Å². The Balaban J connectivity index is 1.98. The smallest absolute Gasteiger partial charge is 0.201 e. The number of nitrogens with zero attached hydrogens (tertiary/aromatic N) is 3. The highest BCUT2D eigenvalue weighted by Gasteiger charge is 2.10. The van der Waals surface area contributed by atoms with Gasteiger partial charge in [0.15, 0.2) is 0 Å². The molecular formula is C13H14N4S. The van der Waals surface area contributed by atoms with E-state index in [1.807, 2.05) is 23.7 Å². The molecule has 92 valence electrons. The summed E-state index contributed by atoms with van der Waals surface area (Å²) in [6.07, 6.45) is 2.72. The Morgan fingerprint density at radius 3 is 3.06 bits per heavy atom. The van der Waals surface area contributed by atoms with E-state index in [0.29, 0.717) is 5.95 Å². The van der Waals surface area contributed by atoms with Crippen LogP contribution in [0, 0.1) is 6.92 Å². The molecule has 0 atom stereocenters. The molecule has 18 heavy (non-hydrogen) atoms. The summed E-state index contributed by atoms with van der Waals surface area (Å²) in [7, 11) is 0. The summed E-state index contributed by atoms with van der Waals surface area (Å²) in [4.78, 5) is 8.69. The number of rotatable bonds is 3. The van der Waals surface area contributed by atoms with Crippen molar-refractivity contribution in [3.63, 3.8) is 0 Å². The van der Waals surface area contributed by atoms with Gasteiger partial charge in [-0.15, -0.1) is 11.3 Å². The second-order valence-corrected chi connectivity index (χ2v) is 5.22. The minimum Gasteiger partial charge on any atom is -0.369 e. The van der Waals surface area contributed by atoms with Gasteiger partial charge < -0.3 is 10.3 Å². The minimum absolute atomic E-state index is 0.579. The van der Waals surface area contributed by atoms with Gasteiger partial charge in [-0.05, 0) is 18.6 Å². The van der Waals surface area contributed by atoms with Crippen LogP contribution < -0.4 is 5.73 Å². The van der Waals surface area contributed by atoms with Crippen LogP contribution in [0.5, 0.6) is 0 Å². The maximum atomic E-state index is 6.00. The molecule has 0 amide bonds. The first kappa shape index (κ1) is 11.2. The van der Waals surface area contributed by atoms with Crippen LogP contribution in [-0.4, -0.2) is 14.5 Å². The van der Waals surface area contributed by atoms with Gasteiger partial charge in [0.25, 0.3) is 0 Å². The third-order valence-electron chi connectivity index (χ3n) is 3.03. The van der Waals surface area contributed by atoms with Crippen LogP contribution in [-0.2, 0) is 13.0 Å². The number of aryl methyl sites for hydroxylation is 3. The zero-order chi connectivity index (χ0) is 12.5. The number of nitrogen functional groups attached to an aromatic ring is 1. The average Bonchev–Trinajstić information content (AvgIpc) is 2.94. The van der Waals surface area contributed by atoms with Crippen LogP contribution >= 0.6 is 11.3 Å². The van der Waals surface area contributed by atoms with E-state index in [9.17, 15) is 0 Å². The van der Waals surface area contributed by atoms with E-state index in [2.05, 4.69) is 27.5 Å². The number of aromatic nitrogens is 3. The summed E-state index contributed by atoms with van der Waals surface area (Å²) in [5, 5.41) is 3.13. The third kappa shape index (κ3) is 1.86. The Morgan fingerprint density at radius 2 is 2.28 bits per heavy atom. The molecule has 3 aromatic rings. The van der Waals surface area contributed by atoms with E-state index in [4.69, 9.17) is 5.73 Å². The highest BCUT2D eigenvalue weighted by molar-refractivity contribution is 7.09. The zero-order valence-electron chi connectivity index (χ0n) is 10.1. The van der Waals surface area contributed by atoms with Crippen molar-refractivity contribution in [3.8, 4) is 0 Å². The lowest BCUT2D eigenvalue weighted by atomic mass is 10.2. The van der Waals surface area contributed by atoms with E-state index in [1.165, 1.54) is 5.56 Å². The molecule has 5 heteroatoms. The number of hydrogen-bond donors (Lipinski definition) is 1. The number of para-hydroxylation sites is 1. The molecule has 2 heterocycles. The quantitative estimate of drug-likeness (QED) is 0.785. The maximum Gasteiger partial charge on any atom is 0.201 e. The Labute approximate surface area is 109 Å². The van der Waals surface area contributed by atoms with Crippen LogP contribution in [0.1, 0.15) is 10.6 Å². The summed E-state index contributed by atoms with van der Waals surface area (Å²) in [5.41, 5.74) is 9.30. The second-order valence-electron chi connectivity index (χ2n) is 4.24. The molecule has 1 aromatic carbocycles. The molecular weight excluding hydrogens is 244 g/mol. The number of benzene rings is 1. The molecule has 0 unspecified atom stereocenters. The summed E-state index contributed by atoms with van der Waals surface area (Å²) in [6.45, 7) is 2.91. The van der Waals surface area contributed by atoms with Crippen LogP contribution in [0.3, 0.4) is 0 Å². The van der Waals surface area contributed by atoms with Gasteiger partial charge in [0.05, 0.1) is 16.0 Å². The standard InChI is InChI=1S/C13H14N4S/c1-9-3-2-4-10-12(9)17(13(14)16-10)7-5-11-15-6-8-18-11/h2-4,6,8H,5,7H2,1H3,(H2,14,16). The Hall–Kier alpha value is -1.88. The molecule has 2 aromatic heterocycles. The molecule has 0 aliphatic carbocycles. The minimum atomic E-state index is 0.579. The molecule has 2 N–H and O–H groups in total. The average molecular weight is 258 g/mol. The van der Waals surface area contributed by atoms with E-state index in [-0.39, 0.29) is 0 Å². The number of fused-ring (bicyclic) bond motifs is 1. The molecule has 0 bridgehead atoms. The van der Waals surface area contributed by atoms with Crippen molar-refractivity contribution in [2.75, 3.05) is 5.73 Å². The van der Waals surface area contributed by atoms with Crippen molar-refractivity contribution in [1.82, 2.24) is 14.5 Å². The topological polar surface area (TPSA) is 56.7 Å². The SMILES string of the molecule is Cc1cccc2nc(N)n(CCc3nccs3)c12. The van der Waals surface area contributed by atoms with Gasteiger partial charge >= 0.3 is 0 Å². The molecule has 0 spiro atoms. The largest absolute Gasteiger partial charge is 0.369 e. The van der Waals surface area contributed by atoms with Crippen molar-refractivity contribution in [3.05, 3.63) is 40.3 Å². The monoisotopic (exact) mass is 258 g/mol. The Bertz CT molecular complexity index is 670. The Morgan fingerprint density at radius 1 is 1.39 bits per heavy atom. The van der Waals surface area contributed by atoms with Crippen molar-refractivity contribution >= 4 is 28.3 Å². The summed E-state index contributed by atoms with van der Waals surface area (Å²) < 4.78 is 2.08. The number of hydrogen-bond acceptors (Lipinski definition) is 4. The van der Waals surface area contributed by atoms with Crippen molar-refractivity contribution in [2.24, 2.45) is 0 Å². The summed E-state index contributed by atoms with van der Waals surface area (Å²) in [6, 6.07) is 6.09. The van der Waals surface area contributed by atoms with Crippen molar-refractivity contribution < 1.29 is 0 Å². The van der Waals surface area contributed by atoms with Gasteiger partial charge in [-0.1, -0.05) is 12.1 Å². The molecule has 0 saturated heterocycles. The van der Waals surface area contributed by atoms with Gasteiger partial charge in [-0.2, -0.15) is 0 Å². The lowest BCUT2D eigenvalue weighted by Gasteiger charge is -2.06. The molecule has 0 aliphatic rings. The lowest BCUT2D eigenvalue weighted by molar-refractivity contribution is 0.721. The first-order valence-electron chi connectivity index (χ1n) is 5.85. The predicted octanol–water partition coefficient (Wildman–Crippen LogP) is 2.63. The fourth-order valence-electron chi connectivity index (χ4n) is 2.19. The highest BCUT2D eigenvalue weighted by Crippen LogP contribution is 2.22.